The zero-order chi connectivity index (χ0) is 20.9. The molecular formula is C20H36ClO5P. The Morgan fingerprint density at radius 3 is 2.07 bits per heavy atom. The van der Waals surface area contributed by atoms with E-state index in [1.165, 1.54) is 18.1 Å². The van der Waals surface area contributed by atoms with Crippen molar-refractivity contribution in [3.05, 3.63) is 23.3 Å². The molecule has 0 aromatic carbocycles. The number of alkyl halides is 1. The summed E-state index contributed by atoms with van der Waals surface area (Å²) in [6.07, 6.45) is 6.91. The second-order valence-electron chi connectivity index (χ2n) is 6.60. The number of hydrogen-bond donors (Lipinski definition) is 0. The number of carbonyl (C=O) groups is 1. The van der Waals surface area contributed by atoms with Crippen LogP contribution in [0.3, 0.4) is 0 Å². The van der Waals surface area contributed by atoms with Gasteiger partial charge in [-0.2, -0.15) is 0 Å². The van der Waals surface area contributed by atoms with E-state index in [-0.39, 0.29) is 13.2 Å². The molecule has 0 bridgehead atoms. The van der Waals surface area contributed by atoms with Crippen molar-refractivity contribution in [2.24, 2.45) is 0 Å². The molecule has 0 spiro atoms. The summed E-state index contributed by atoms with van der Waals surface area (Å²) in [5, 5.41) is 0. The van der Waals surface area contributed by atoms with Crippen LogP contribution in [0.5, 0.6) is 0 Å². The monoisotopic (exact) mass is 422 g/mol. The van der Waals surface area contributed by atoms with Crippen molar-refractivity contribution in [2.75, 3.05) is 19.1 Å². The Balaban J connectivity index is 4.97. The highest BCUT2D eigenvalue weighted by Crippen LogP contribution is 2.55. The summed E-state index contributed by atoms with van der Waals surface area (Å²) in [5.74, 6) is 0.144. The number of hydrogen-bond acceptors (Lipinski definition) is 5. The number of halogens is 1. The van der Waals surface area contributed by atoms with Crippen molar-refractivity contribution in [3.63, 3.8) is 0 Å². The van der Waals surface area contributed by atoms with Crippen LogP contribution in [-0.4, -0.2) is 36.8 Å². The molecular weight excluding hydrogens is 387 g/mol. The third kappa shape index (κ3) is 11.1. The molecule has 0 aromatic heterocycles. The molecule has 7 heteroatoms. The van der Waals surface area contributed by atoms with E-state index in [1.54, 1.807) is 20.8 Å². The average Bonchev–Trinajstić information content (AvgIpc) is 2.58. The number of allylic oxidation sites excluding steroid dienone is 4. The highest BCUT2D eigenvalue weighted by Gasteiger charge is 2.39. The predicted octanol–water partition coefficient (Wildman–Crippen LogP) is 6.26. The Morgan fingerprint density at radius 2 is 1.59 bits per heavy atom. The molecule has 0 aliphatic rings. The first-order valence-corrected chi connectivity index (χ1v) is 11.8. The van der Waals surface area contributed by atoms with Crippen LogP contribution < -0.4 is 0 Å². The third-order valence-corrected chi connectivity index (χ3v) is 6.97. The Kier molecular flexibility index (Phi) is 14.1. The predicted molar refractivity (Wildman–Crippen MR) is 113 cm³/mol. The molecule has 27 heavy (non-hydrogen) atoms. The molecule has 0 rings (SSSR count). The van der Waals surface area contributed by atoms with Gasteiger partial charge in [-0.1, -0.05) is 23.3 Å². The summed E-state index contributed by atoms with van der Waals surface area (Å²) in [5.41, 5.74) is 1.96. The first-order valence-electron chi connectivity index (χ1n) is 9.63. The van der Waals surface area contributed by atoms with E-state index in [0.717, 1.165) is 19.3 Å². The summed E-state index contributed by atoms with van der Waals surface area (Å²) in [6, 6.07) is 0. The third-order valence-electron chi connectivity index (χ3n) is 4.25. The van der Waals surface area contributed by atoms with Crippen LogP contribution >= 0.6 is 19.2 Å². The largest absolute Gasteiger partial charge is 0.462 e. The van der Waals surface area contributed by atoms with E-state index in [2.05, 4.69) is 19.9 Å². The van der Waals surface area contributed by atoms with E-state index in [1.807, 2.05) is 6.08 Å². The molecule has 0 aromatic rings. The molecule has 2 unspecified atom stereocenters. The number of esters is 1. The molecule has 0 amide bonds. The van der Waals surface area contributed by atoms with Gasteiger partial charge >= 0.3 is 13.6 Å². The second kappa shape index (κ2) is 14.4. The van der Waals surface area contributed by atoms with Crippen LogP contribution in [0, 0.1) is 0 Å². The van der Waals surface area contributed by atoms with Crippen molar-refractivity contribution < 1.29 is 23.1 Å². The molecule has 0 N–H and O–H groups in total. The van der Waals surface area contributed by atoms with Crippen molar-refractivity contribution >= 4 is 25.2 Å². The SMILES string of the molecule is CCOP(=O)(OCC)C(C)C(CC/C(C)=C/CC/C(C)=C/CCl)OC(C)=O. The van der Waals surface area contributed by atoms with Crippen LogP contribution in [0.15, 0.2) is 23.3 Å². The van der Waals surface area contributed by atoms with Crippen LogP contribution in [0.2, 0.25) is 0 Å². The molecule has 158 valence electrons. The lowest BCUT2D eigenvalue weighted by atomic mass is 10.0. The van der Waals surface area contributed by atoms with Crippen LogP contribution in [0.25, 0.3) is 0 Å². The van der Waals surface area contributed by atoms with Gasteiger partial charge in [-0.3, -0.25) is 9.36 Å². The summed E-state index contributed by atoms with van der Waals surface area (Å²) in [6.45, 7) is 11.4. The Bertz CT molecular complexity index is 534. The minimum atomic E-state index is -3.34. The lowest BCUT2D eigenvalue weighted by molar-refractivity contribution is -0.146. The van der Waals surface area contributed by atoms with Gasteiger partial charge < -0.3 is 13.8 Å². The molecule has 0 radical (unpaired) electrons. The van der Waals surface area contributed by atoms with Crippen LogP contribution in [0.4, 0.5) is 0 Å². The standard InChI is InChI=1S/C20H36ClO5P/c1-7-24-27(23,25-8-2)18(5)20(26-19(6)22)13-12-16(3)10-9-11-17(4)14-15-21/h10,14,18,20H,7-9,11-13,15H2,1-6H3/b16-10+,17-14+. The maximum absolute atomic E-state index is 13.0. The topological polar surface area (TPSA) is 61.8 Å². The first-order chi connectivity index (χ1) is 12.7. The van der Waals surface area contributed by atoms with Crippen molar-refractivity contribution in [2.45, 2.75) is 79.0 Å². The van der Waals surface area contributed by atoms with E-state index in [9.17, 15) is 9.36 Å². The summed E-state index contributed by atoms with van der Waals surface area (Å²) in [7, 11) is -3.34. The Labute approximate surface area is 170 Å². The zero-order valence-electron chi connectivity index (χ0n) is 17.6. The molecule has 0 aliphatic carbocycles. The van der Waals surface area contributed by atoms with Gasteiger partial charge in [0.05, 0.1) is 18.9 Å². The van der Waals surface area contributed by atoms with Crippen LogP contribution in [-0.2, 0) is 23.1 Å². The van der Waals surface area contributed by atoms with Gasteiger partial charge in [0, 0.05) is 12.8 Å². The summed E-state index contributed by atoms with van der Waals surface area (Å²) in [4.78, 5) is 11.5. The highest BCUT2D eigenvalue weighted by atomic mass is 35.5. The normalized spacial score (nSPS) is 15.5. The molecule has 0 saturated carbocycles. The molecule has 0 fully saturated rings. The lowest BCUT2D eigenvalue weighted by Crippen LogP contribution is -2.30. The van der Waals surface area contributed by atoms with Gasteiger partial charge in [-0.25, -0.2) is 0 Å². The van der Waals surface area contributed by atoms with Crippen molar-refractivity contribution in [1.29, 1.82) is 0 Å². The fourth-order valence-corrected chi connectivity index (χ4v) is 4.84. The quantitative estimate of drug-likeness (QED) is 0.143. The smallest absolute Gasteiger partial charge is 0.337 e. The van der Waals surface area contributed by atoms with E-state index < -0.39 is 25.3 Å². The number of carbonyl (C=O) groups excluding carboxylic acids is 1. The Hall–Kier alpha value is -0.610. The Morgan fingerprint density at radius 1 is 1.04 bits per heavy atom. The fraction of sp³-hybridized carbons (Fsp3) is 0.750. The van der Waals surface area contributed by atoms with Crippen molar-refractivity contribution in [1.82, 2.24) is 0 Å². The van der Waals surface area contributed by atoms with Gasteiger partial charge in [-0.15, -0.1) is 11.6 Å². The van der Waals surface area contributed by atoms with Gasteiger partial charge in [0.15, 0.2) is 0 Å². The minimum absolute atomic E-state index is 0.280. The average molecular weight is 423 g/mol. The minimum Gasteiger partial charge on any atom is -0.462 e. The van der Waals surface area contributed by atoms with E-state index in [0.29, 0.717) is 12.3 Å². The molecule has 5 nitrogen and oxygen atoms in total. The van der Waals surface area contributed by atoms with E-state index >= 15 is 0 Å². The number of rotatable bonds is 14. The summed E-state index contributed by atoms with van der Waals surface area (Å²) < 4.78 is 29.3. The maximum Gasteiger partial charge on any atom is 0.337 e. The maximum atomic E-state index is 13.0. The summed E-state index contributed by atoms with van der Waals surface area (Å²) >= 11 is 5.70. The number of ether oxygens (including phenoxy) is 1. The van der Waals surface area contributed by atoms with Gasteiger partial charge in [0.25, 0.3) is 0 Å². The van der Waals surface area contributed by atoms with E-state index in [4.69, 9.17) is 25.4 Å². The zero-order valence-corrected chi connectivity index (χ0v) is 19.3. The van der Waals surface area contributed by atoms with Gasteiger partial charge in [-0.05, 0) is 60.3 Å². The second-order valence-corrected chi connectivity index (χ2v) is 9.32. The molecule has 0 heterocycles. The fourth-order valence-electron chi connectivity index (χ4n) is 2.70. The molecule has 0 saturated heterocycles. The van der Waals surface area contributed by atoms with Gasteiger partial charge in [0.1, 0.15) is 6.10 Å². The lowest BCUT2D eigenvalue weighted by Gasteiger charge is -2.29. The first kappa shape index (κ1) is 26.4. The molecule has 0 aliphatic heterocycles. The van der Waals surface area contributed by atoms with Crippen LogP contribution in [0.1, 0.15) is 67.2 Å². The van der Waals surface area contributed by atoms with Gasteiger partial charge in [0.2, 0.25) is 0 Å². The highest BCUT2D eigenvalue weighted by molar-refractivity contribution is 7.54. The van der Waals surface area contributed by atoms with Crippen molar-refractivity contribution in [3.8, 4) is 0 Å². The molecule has 2 atom stereocenters.